The Morgan fingerprint density at radius 2 is 2.12 bits per heavy atom. The Hall–Kier alpha value is -0.650. The zero-order valence-corrected chi connectivity index (χ0v) is 10.9. The third kappa shape index (κ3) is 3.43. The summed E-state index contributed by atoms with van der Waals surface area (Å²) in [5, 5.41) is -0.396. The molecular formula is C10H15ClN2O2S. The molecule has 0 fully saturated rings. The van der Waals surface area contributed by atoms with E-state index >= 15 is 0 Å². The maximum atomic E-state index is 11.6. The highest BCUT2D eigenvalue weighted by molar-refractivity contribution is 7.90. The van der Waals surface area contributed by atoms with Crippen molar-refractivity contribution in [1.29, 1.82) is 0 Å². The highest BCUT2D eigenvalue weighted by atomic mass is 35.5. The molecule has 90 valence electrons. The Bertz CT molecular complexity index is 448. The van der Waals surface area contributed by atoms with Gasteiger partial charge in [0.15, 0.2) is 0 Å². The molecule has 6 heteroatoms. The third-order valence-corrected chi connectivity index (χ3v) is 4.45. The SMILES string of the molecule is CCN(Cc1cccc(C)n1)S(=O)(=O)CCl. The van der Waals surface area contributed by atoms with Crippen LogP contribution < -0.4 is 0 Å². The Balaban J connectivity index is 2.87. The van der Waals surface area contributed by atoms with Gasteiger partial charge in [-0.15, -0.1) is 11.6 Å². The Morgan fingerprint density at radius 3 is 2.62 bits per heavy atom. The molecule has 0 unspecified atom stereocenters. The van der Waals surface area contributed by atoms with Gasteiger partial charge in [-0.1, -0.05) is 13.0 Å². The summed E-state index contributed by atoms with van der Waals surface area (Å²) in [6.07, 6.45) is 0. The number of rotatable bonds is 5. The fraction of sp³-hybridized carbons (Fsp3) is 0.500. The van der Waals surface area contributed by atoms with E-state index in [0.717, 1.165) is 11.4 Å². The number of pyridine rings is 1. The van der Waals surface area contributed by atoms with E-state index in [0.29, 0.717) is 6.54 Å². The highest BCUT2D eigenvalue weighted by Gasteiger charge is 2.19. The average molecular weight is 263 g/mol. The molecule has 0 saturated carbocycles. The van der Waals surface area contributed by atoms with Crippen LogP contribution in [0.25, 0.3) is 0 Å². The lowest BCUT2D eigenvalue weighted by atomic mass is 10.3. The topological polar surface area (TPSA) is 50.3 Å². The molecule has 0 aromatic carbocycles. The van der Waals surface area contributed by atoms with Crippen LogP contribution in [0.4, 0.5) is 0 Å². The van der Waals surface area contributed by atoms with Gasteiger partial charge in [-0.2, -0.15) is 4.31 Å². The summed E-state index contributed by atoms with van der Waals surface area (Å²) in [5.41, 5.74) is 1.60. The Kier molecular flexibility index (Phi) is 4.70. The number of sulfonamides is 1. The normalized spacial score (nSPS) is 12.0. The monoisotopic (exact) mass is 262 g/mol. The lowest BCUT2D eigenvalue weighted by Gasteiger charge is -2.18. The maximum absolute atomic E-state index is 11.6. The van der Waals surface area contributed by atoms with Crippen LogP contribution in [0.15, 0.2) is 18.2 Å². The van der Waals surface area contributed by atoms with Crippen molar-refractivity contribution in [1.82, 2.24) is 9.29 Å². The van der Waals surface area contributed by atoms with Gasteiger partial charge >= 0.3 is 0 Å². The standard InChI is InChI=1S/C10H15ClN2O2S/c1-3-13(16(14,15)8-11)7-10-6-4-5-9(2)12-10/h4-6H,3,7-8H2,1-2H3. The molecule has 0 bridgehead atoms. The highest BCUT2D eigenvalue weighted by Crippen LogP contribution is 2.09. The van der Waals surface area contributed by atoms with Gasteiger partial charge in [-0.3, -0.25) is 4.98 Å². The molecule has 1 rings (SSSR count). The van der Waals surface area contributed by atoms with Crippen LogP contribution in [0.3, 0.4) is 0 Å². The minimum atomic E-state index is -3.36. The van der Waals surface area contributed by atoms with E-state index in [2.05, 4.69) is 4.98 Å². The van der Waals surface area contributed by atoms with Gasteiger partial charge in [0.05, 0.1) is 12.2 Å². The fourth-order valence-corrected chi connectivity index (χ4v) is 2.62. The van der Waals surface area contributed by atoms with Gasteiger partial charge in [0, 0.05) is 12.2 Å². The largest absolute Gasteiger partial charge is 0.257 e. The van der Waals surface area contributed by atoms with Crippen LogP contribution in [0.1, 0.15) is 18.3 Å². The van der Waals surface area contributed by atoms with E-state index < -0.39 is 15.2 Å². The van der Waals surface area contributed by atoms with Crippen molar-refractivity contribution in [2.45, 2.75) is 20.4 Å². The molecule has 0 spiro atoms. The summed E-state index contributed by atoms with van der Waals surface area (Å²) in [7, 11) is -3.36. The maximum Gasteiger partial charge on any atom is 0.228 e. The van der Waals surface area contributed by atoms with Crippen LogP contribution >= 0.6 is 11.6 Å². The molecule has 16 heavy (non-hydrogen) atoms. The number of alkyl halides is 1. The van der Waals surface area contributed by atoms with Crippen LogP contribution in [0.5, 0.6) is 0 Å². The lowest BCUT2D eigenvalue weighted by molar-refractivity contribution is 0.422. The summed E-state index contributed by atoms with van der Waals surface area (Å²) < 4.78 is 24.5. The van der Waals surface area contributed by atoms with Gasteiger partial charge in [0.1, 0.15) is 5.21 Å². The number of hydrogen-bond acceptors (Lipinski definition) is 3. The number of halogens is 1. The molecule has 0 aliphatic rings. The summed E-state index contributed by atoms with van der Waals surface area (Å²) in [4.78, 5) is 4.26. The van der Waals surface area contributed by atoms with E-state index in [1.165, 1.54) is 4.31 Å². The first-order valence-electron chi connectivity index (χ1n) is 4.96. The molecule has 4 nitrogen and oxygen atoms in total. The molecule has 0 aliphatic heterocycles. The molecule has 0 N–H and O–H groups in total. The van der Waals surface area contributed by atoms with Crippen molar-refractivity contribution in [2.24, 2.45) is 0 Å². The number of aromatic nitrogens is 1. The number of aryl methyl sites for hydroxylation is 1. The molecule has 1 aromatic heterocycles. The zero-order chi connectivity index (χ0) is 12.2. The van der Waals surface area contributed by atoms with Gasteiger partial charge in [0.25, 0.3) is 0 Å². The number of hydrogen-bond donors (Lipinski definition) is 0. The van der Waals surface area contributed by atoms with Crippen LogP contribution in [-0.2, 0) is 16.6 Å². The minimum Gasteiger partial charge on any atom is -0.257 e. The van der Waals surface area contributed by atoms with E-state index in [1.807, 2.05) is 19.1 Å². The van der Waals surface area contributed by atoms with E-state index in [9.17, 15) is 8.42 Å². The first kappa shape index (κ1) is 13.4. The number of nitrogens with zero attached hydrogens (tertiary/aromatic N) is 2. The van der Waals surface area contributed by atoms with Crippen molar-refractivity contribution in [3.63, 3.8) is 0 Å². The van der Waals surface area contributed by atoms with E-state index in [-0.39, 0.29) is 6.54 Å². The van der Waals surface area contributed by atoms with Crippen molar-refractivity contribution in [2.75, 3.05) is 11.8 Å². The second-order valence-corrected chi connectivity index (χ2v) is 5.97. The first-order chi connectivity index (χ1) is 7.49. The predicted octanol–water partition coefficient (Wildman–Crippen LogP) is 1.74. The van der Waals surface area contributed by atoms with Crippen molar-refractivity contribution < 1.29 is 8.42 Å². The van der Waals surface area contributed by atoms with E-state index in [1.54, 1.807) is 13.0 Å². The van der Waals surface area contributed by atoms with Gasteiger partial charge in [-0.25, -0.2) is 8.42 Å². The molecule has 0 aliphatic carbocycles. The zero-order valence-electron chi connectivity index (χ0n) is 9.35. The summed E-state index contributed by atoms with van der Waals surface area (Å²) >= 11 is 5.41. The molecule has 0 saturated heterocycles. The van der Waals surface area contributed by atoms with Gasteiger partial charge in [0.2, 0.25) is 10.0 Å². The van der Waals surface area contributed by atoms with Crippen LogP contribution in [0, 0.1) is 6.92 Å². The first-order valence-corrected chi connectivity index (χ1v) is 7.10. The van der Waals surface area contributed by atoms with Gasteiger partial charge in [-0.05, 0) is 19.1 Å². The summed E-state index contributed by atoms with van der Waals surface area (Å²) in [6.45, 7) is 4.31. The quantitative estimate of drug-likeness (QED) is 0.760. The Labute approximate surface area is 101 Å². The minimum absolute atomic E-state index is 0.271. The van der Waals surface area contributed by atoms with Crippen LogP contribution in [0.2, 0.25) is 0 Å². The molecule has 1 heterocycles. The fourth-order valence-electron chi connectivity index (χ4n) is 1.34. The molecular weight excluding hydrogens is 248 g/mol. The lowest BCUT2D eigenvalue weighted by Crippen LogP contribution is -2.31. The molecule has 1 aromatic rings. The molecule has 0 amide bonds. The average Bonchev–Trinajstić information content (AvgIpc) is 2.25. The van der Waals surface area contributed by atoms with E-state index in [4.69, 9.17) is 11.6 Å². The summed E-state index contributed by atoms with van der Waals surface area (Å²) in [5.74, 6) is 0. The van der Waals surface area contributed by atoms with Gasteiger partial charge < -0.3 is 0 Å². The third-order valence-electron chi connectivity index (χ3n) is 2.17. The second-order valence-electron chi connectivity index (χ2n) is 3.42. The smallest absolute Gasteiger partial charge is 0.228 e. The predicted molar refractivity (Wildman–Crippen MR) is 64.7 cm³/mol. The molecule has 0 atom stereocenters. The van der Waals surface area contributed by atoms with Crippen molar-refractivity contribution >= 4 is 21.6 Å². The molecule has 0 radical (unpaired) electrons. The van der Waals surface area contributed by atoms with Crippen molar-refractivity contribution in [3.8, 4) is 0 Å². The summed E-state index contributed by atoms with van der Waals surface area (Å²) in [6, 6.07) is 5.54. The van der Waals surface area contributed by atoms with Crippen molar-refractivity contribution in [3.05, 3.63) is 29.6 Å². The van der Waals surface area contributed by atoms with Crippen LogP contribution in [-0.4, -0.2) is 29.5 Å². The second kappa shape index (κ2) is 5.61. The Morgan fingerprint density at radius 1 is 1.44 bits per heavy atom.